The molecule has 30 heavy (non-hydrogen) atoms. The first-order valence-electron chi connectivity index (χ1n) is 11.5. The van der Waals surface area contributed by atoms with Gasteiger partial charge in [-0.25, -0.2) is 0 Å². The lowest BCUT2D eigenvalue weighted by Gasteiger charge is -2.59. The summed E-state index contributed by atoms with van der Waals surface area (Å²) in [4.78, 5) is 36.2. The smallest absolute Gasteiger partial charge is 0.302 e. The minimum Gasteiger partial charge on any atom is -0.463 e. The molecule has 0 aliphatic heterocycles. The number of ether oxygens (including phenoxy) is 2. The van der Waals surface area contributed by atoms with Crippen LogP contribution in [0.2, 0.25) is 0 Å². The molecule has 4 fully saturated rings. The Morgan fingerprint density at radius 2 is 1.50 bits per heavy atom. The number of aliphatic hydroxyl groups is 1. The van der Waals surface area contributed by atoms with Gasteiger partial charge >= 0.3 is 11.9 Å². The van der Waals surface area contributed by atoms with Crippen LogP contribution in [0.15, 0.2) is 0 Å². The maximum absolute atomic E-state index is 13.2. The van der Waals surface area contributed by atoms with Gasteiger partial charge in [-0.2, -0.15) is 0 Å². The fourth-order valence-electron chi connectivity index (χ4n) is 7.69. The van der Waals surface area contributed by atoms with E-state index in [9.17, 15) is 14.4 Å². The molecule has 4 aliphatic rings. The first-order chi connectivity index (χ1) is 14.1. The summed E-state index contributed by atoms with van der Waals surface area (Å²) in [6.45, 7) is 7.55. The fourth-order valence-corrected chi connectivity index (χ4v) is 7.69. The van der Waals surface area contributed by atoms with Gasteiger partial charge in [0.25, 0.3) is 0 Å². The zero-order valence-electron chi connectivity index (χ0n) is 19.1. The minimum atomic E-state index is -0.245. The first kappa shape index (κ1) is 23.2. The molecule has 4 rings (SSSR count). The van der Waals surface area contributed by atoms with Crippen LogP contribution in [-0.4, -0.2) is 42.1 Å². The molecule has 0 saturated heterocycles. The van der Waals surface area contributed by atoms with Crippen LogP contribution in [0.25, 0.3) is 0 Å². The van der Waals surface area contributed by atoms with Gasteiger partial charge in [-0.05, 0) is 68.1 Å². The molecule has 170 valence electrons. The summed E-state index contributed by atoms with van der Waals surface area (Å²) in [7, 11) is 1.00. The third kappa shape index (κ3) is 3.80. The normalized spacial score (nSPS) is 44.5. The van der Waals surface area contributed by atoms with Gasteiger partial charge in [0.2, 0.25) is 0 Å². The van der Waals surface area contributed by atoms with Crippen LogP contribution in [0.3, 0.4) is 0 Å². The van der Waals surface area contributed by atoms with Crippen molar-refractivity contribution in [2.45, 2.75) is 91.3 Å². The second kappa shape index (κ2) is 8.60. The van der Waals surface area contributed by atoms with E-state index >= 15 is 0 Å². The summed E-state index contributed by atoms with van der Waals surface area (Å²) in [6, 6.07) is 0. The topological polar surface area (TPSA) is 89.9 Å². The average molecular weight is 423 g/mol. The van der Waals surface area contributed by atoms with Crippen LogP contribution < -0.4 is 0 Å². The summed E-state index contributed by atoms with van der Waals surface area (Å²) in [5.74, 6) is 1.35. The van der Waals surface area contributed by atoms with Gasteiger partial charge in [0, 0.05) is 38.7 Å². The van der Waals surface area contributed by atoms with E-state index in [1.807, 2.05) is 0 Å². The Balaban J connectivity index is 0.00000124. The highest BCUT2D eigenvalue weighted by Crippen LogP contribution is 2.66. The van der Waals surface area contributed by atoms with Gasteiger partial charge in [0.05, 0.1) is 0 Å². The monoisotopic (exact) mass is 422 g/mol. The lowest BCUT2D eigenvalue weighted by atomic mass is 9.45. The van der Waals surface area contributed by atoms with E-state index in [4.69, 9.17) is 14.6 Å². The maximum Gasteiger partial charge on any atom is 0.302 e. The molecule has 0 heterocycles. The Bertz CT molecular complexity index is 689. The van der Waals surface area contributed by atoms with Crippen molar-refractivity contribution in [1.29, 1.82) is 0 Å². The zero-order chi connectivity index (χ0) is 22.3. The third-order valence-electron chi connectivity index (χ3n) is 8.96. The van der Waals surface area contributed by atoms with Crippen LogP contribution in [-0.2, 0) is 23.9 Å². The van der Waals surface area contributed by atoms with Gasteiger partial charge in [-0.3, -0.25) is 14.4 Å². The van der Waals surface area contributed by atoms with Crippen LogP contribution in [0, 0.1) is 34.5 Å². The van der Waals surface area contributed by atoms with Crippen LogP contribution in [0.4, 0.5) is 0 Å². The Morgan fingerprint density at radius 3 is 2.13 bits per heavy atom. The fraction of sp³-hybridized carbons (Fsp3) is 0.875. The first-order valence-corrected chi connectivity index (χ1v) is 11.5. The van der Waals surface area contributed by atoms with Crippen molar-refractivity contribution in [2.75, 3.05) is 7.11 Å². The second-order valence-corrected chi connectivity index (χ2v) is 10.3. The Kier molecular flexibility index (Phi) is 6.66. The minimum absolute atomic E-state index is 0.00344. The largest absolute Gasteiger partial charge is 0.463 e. The molecule has 4 saturated carbocycles. The molecule has 1 N–H and O–H groups in total. The van der Waals surface area contributed by atoms with Crippen molar-refractivity contribution < 1.29 is 29.0 Å². The number of Topliss-reactive ketones (excluding diaryl/α,β-unsaturated/α-hetero) is 1. The highest BCUT2D eigenvalue weighted by atomic mass is 16.5. The second-order valence-electron chi connectivity index (χ2n) is 10.3. The van der Waals surface area contributed by atoms with Crippen molar-refractivity contribution in [1.82, 2.24) is 0 Å². The number of hydrogen-bond acceptors (Lipinski definition) is 6. The molecule has 0 bridgehead atoms. The standard InChI is InChI=1S/C23H34O5.CH4O/c1-13(24)27-15-7-9-22(3)18-8-10-23(4)17(5-6-21(23)28-14(2)25)16(18)12-20(26)19(22)11-15;1-2/h15-19,21H,5-12H2,1-4H3;2H,1H3. The van der Waals surface area contributed by atoms with E-state index in [1.54, 1.807) is 0 Å². The van der Waals surface area contributed by atoms with E-state index in [1.165, 1.54) is 13.8 Å². The number of aliphatic hydroxyl groups excluding tert-OH is 1. The van der Waals surface area contributed by atoms with Crippen LogP contribution in [0.1, 0.15) is 79.1 Å². The van der Waals surface area contributed by atoms with Gasteiger partial charge in [0.1, 0.15) is 18.0 Å². The molecule has 0 aromatic carbocycles. The molecule has 4 aliphatic carbocycles. The van der Waals surface area contributed by atoms with E-state index in [2.05, 4.69) is 13.8 Å². The van der Waals surface area contributed by atoms with Gasteiger partial charge in [-0.1, -0.05) is 13.8 Å². The number of ketones is 1. The zero-order valence-corrected chi connectivity index (χ0v) is 19.1. The molecule has 0 radical (unpaired) electrons. The van der Waals surface area contributed by atoms with Crippen molar-refractivity contribution in [2.24, 2.45) is 34.5 Å². The molecular weight excluding hydrogens is 384 g/mol. The Hall–Kier alpha value is -1.43. The number of hydrogen-bond donors (Lipinski definition) is 1. The van der Waals surface area contributed by atoms with Crippen LogP contribution >= 0.6 is 0 Å². The molecule has 0 aromatic heterocycles. The number of carbonyl (C=O) groups excluding carboxylic acids is 3. The SMILES string of the molecule is CC(=O)OC1CCC2(C)C(C1)C(=O)CC1C3CCC(OC(C)=O)C3(C)CCC12.CO. The lowest BCUT2D eigenvalue weighted by molar-refractivity contribution is -0.174. The quantitative estimate of drug-likeness (QED) is 0.683. The van der Waals surface area contributed by atoms with E-state index < -0.39 is 0 Å². The summed E-state index contributed by atoms with van der Waals surface area (Å²) in [5.41, 5.74) is 0.0166. The van der Waals surface area contributed by atoms with Gasteiger partial charge in [-0.15, -0.1) is 0 Å². The molecule has 6 heteroatoms. The summed E-state index contributed by atoms with van der Waals surface area (Å²) < 4.78 is 11.2. The average Bonchev–Trinajstić information content (AvgIpc) is 3.00. The number of carbonyl (C=O) groups is 3. The van der Waals surface area contributed by atoms with E-state index in [-0.39, 0.29) is 40.9 Å². The lowest BCUT2D eigenvalue weighted by Crippen LogP contribution is -2.57. The predicted molar refractivity (Wildman–Crippen MR) is 111 cm³/mol. The third-order valence-corrected chi connectivity index (χ3v) is 8.96. The van der Waals surface area contributed by atoms with Crippen molar-refractivity contribution in [3.63, 3.8) is 0 Å². The van der Waals surface area contributed by atoms with Crippen molar-refractivity contribution in [3.05, 3.63) is 0 Å². The van der Waals surface area contributed by atoms with Gasteiger partial charge < -0.3 is 14.6 Å². The molecule has 6 nitrogen and oxygen atoms in total. The summed E-state index contributed by atoms with van der Waals surface area (Å²) in [6.07, 6.45) is 7.20. The summed E-state index contributed by atoms with van der Waals surface area (Å²) >= 11 is 0. The number of esters is 2. The highest BCUT2D eigenvalue weighted by Gasteiger charge is 2.63. The highest BCUT2D eigenvalue weighted by molar-refractivity contribution is 5.83. The number of fused-ring (bicyclic) bond motifs is 5. The molecular formula is C24H38O6. The maximum atomic E-state index is 13.2. The molecule has 0 amide bonds. The Morgan fingerprint density at radius 1 is 0.900 bits per heavy atom. The molecule has 0 spiro atoms. The van der Waals surface area contributed by atoms with Gasteiger partial charge in [0.15, 0.2) is 0 Å². The molecule has 8 atom stereocenters. The van der Waals surface area contributed by atoms with E-state index in [0.717, 1.165) is 45.6 Å². The molecule has 0 aromatic rings. The van der Waals surface area contributed by atoms with Crippen molar-refractivity contribution in [3.8, 4) is 0 Å². The number of rotatable bonds is 2. The predicted octanol–water partition coefficient (Wildman–Crippen LogP) is 3.68. The molecule has 8 unspecified atom stereocenters. The van der Waals surface area contributed by atoms with E-state index in [0.29, 0.717) is 36.4 Å². The van der Waals surface area contributed by atoms with Crippen LogP contribution in [0.5, 0.6) is 0 Å². The Labute approximate surface area is 180 Å². The summed E-state index contributed by atoms with van der Waals surface area (Å²) in [5, 5.41) is 7.00. The van der Waals surface area contributed by atoms with Crippen molar-refractivity contribution >= 4 is 17.7 Å².